The quantitative estimate of drug-likeness (QED) is 0.289. The Morgan fingerprint density at radius 1 is 1.22 bits per heavy atom. The van der Waals surface area contributed by atoms with Crippen LogP contribution in [0.1, 0.15) is 16.1 Å². The number of nitrogens with zero attached hydrogens (tertiary/aromatic N) is 3. The predicted molar refractivity (Wildman–Crippen MR) is 120 cm³/mol. The van der Waals surface area contributed by atoms with E-state index in [0.29, 0.717) is 16.3 Å². The molecule has 1 heterocycles. The highest BCUT2D eigenvalue weighted by atomic mass is 35.5. The molecular weight excluding hydrogens is 458 g/mol. The third-order valence-corrected chi connectivity index (χ3v) is 5.97. The van der Waals surface area contributed by atoms with Crippen molar-refractivity contribution in [3.05, 3.63) is 75.1 Å². The monoisotopic (exact) mass is 477 g/mol. The largest absolute Gasteiger partial charge is 0.378 e. The summed E-state index contributed by atoms with van der Waals surface area (Å²) < 4.78 is 24.8. The van der Waals surface area contributed by atoms with E-state index >= 15 is 0 Å². The molecular formula is C20H20ClN5O5S. The van der Waals surface area contributed by atoms with Gasteiger partial charge >= 0.3 is 0 Å². The van der Waals surface area contributed by atoms with Crippen LogP contribution >= 0.6 is 11.6 Å². The van der Waals surface area contributed by atoms with Crippen molar-refractivity contribution < 1.29 is 18.1 Å². The van der Waals surface area contributed by atoms with Crippen molar-refractivity contribution in [2.45, 2.75) is 11.8 Å². The molecule has 0 atom stereocenters. The zero-order valence-electron chi connectivity index (χ0n) is 17.2. The number of carbonyl (C=O) groups excluding carboxylic acids is 1. The van der Waals surface area contributed by atoms with Gasteiger partial charge in [-0.3, -0.25) is 14.9 Å². The number of nitrogens with one attached hydrogen (secondary N) is 2. The number of benzene rings is 2. The molecule has 1 aromatic heterocycles. The minimum Gasteiger partial charge on any atom is -0.378 e. The number of hydrogen-bond acceptors (Lipinski definition) is 7. The molecule has 0 fully saturated rings. The number of amides is 1. The maximum atomic E-state index is 12.5. The summed E-state index contributed by atoms with van der Waals surface area (Å²) in [5, 5.41) is 21.6. The first-order valence-corrected chi connectivity index (χ1v) is 11.7. The van der Waals surface area contributed by atoms with Gasteiger partial charge in [-0.25, -0.2) is 13.1 Å². The van der Waals surface area contributed by atoms with E-state index in [1.165, 1.54) is 18.3 Å². The Bertz CT molecular complexity index is 1290. The minimum absolute atomic E-state index is 0.143. The van der Waals surface area contributed by atoms with Gasteiger partial charge in [0.05, 0.1) is 33.0 Å². The number of hydrogen-bond donors (Lipinski definition) is 2. The summed E-state index contributed by atoms with van der Waals surface area (Å²) in [6, 6.07) is 10.7. The Morgan fingerprint density at radius 3 is 2.62 bits per heavy atom. The molecule has 0 saturated carbocycles. The topological polar surface area (TPSA) is 136 Å². The number of rotatable bonds is 8. The van der Waals surface area contributed by atoms with Crippen LogP contribution < -0.4 is 10.6 Å². The summed E-state index contributed by atoms with van der Waals surface area (Å²) in [5.41, 5.74) is 1.53. The van der Waals surface area contributed by atoms with Gasteiger partial charge in [0, 0.05) is 30.4 Å². The van der Waals surface area contributed by atoms with Gasteiger partial charge in [0.1, 0.15) is 5.69 Å². The first-order valence-electron chi connectivity index (χ1n) is 9.39. The standard InChI is InChI=1S/C20H20ClN5O5S/c1-13-17(12-24-25(13)15-5-3-4-14(21)10-15)20(27)23-9-8-22-18-7-6-16(32(2,30)31)11-19(18)26(28)29/h3-7,10-12,22H,8-9H2,1-2H3,(H,23,27). The molecule has 2 N–H and O–H groups in total. The van der Waals surface area contributed by atoms with Gasteiger partial charge in [-0.15, -0.1) is 0 Å². The smallest absolute Gasteiger partial charge is 0.293 e. The molecule has 1 amide bonds. The van der Waals surface area contributed by atoms with Crippen LogP contribution in [0.5, 0.6) is 0 Å². The van der Waals surface area contributed by atoms with Gasteiger partial charge in [-0.1, -0.05) is 17.7 Å². The summed E-state index contributed by atoms with van der Waals surface area (Å²) in [7, 11) is -3.57. The Hall–Kier alpha value is -3.44. The van der Waals surface area contributed by atoms with E-state index in [-0.39, 0.29) is 35.3 Å². The second kappa shape index (κ2) is 9.37. The van der Waals surface area contributed by atoms with Crippen molar-refractivity contribution in [3.8, 4) is 5.69 Å². The Balaban J connectivity index is 1.63. The van der Waals surface area contributed by atoms with Crippen LogP contribution in [-0.2, 0) is 9.84 Å². The number of carbonyl (C=O) groups is 1. The molecule has 0 radical (unpaired) electrons. The Labute approximate surface area is 189 Å². The van der Waals surface area contributed by atoms with Crippen molar-refractivity contribution in [2.24, 2.45) is 0 Å². The molecule has 0 bridgehead atoms. The molecule has 0 aliphatic carbocycles. The lowest BCUT2D eigenvalue weighted by Gasteiger charge is -2.10. The number of nitro groups is 1. The SMILES string of the molecule is Cc1c(C(=O)NCCNc2ccc(S(C)(=O)=O)cc2[N+](=O)[O-])cnn1-c1cccc(Cl)c1. The van der Waals surface area contributed by atoms with Gasteiger partial charge in [0.25, 0.3) is 11.6 Å². The lowest BCUT2D eigenvalue weighted by Crippen LogP contribution is -2.29. The van der Waals surface area contributed by atoms with Gasteiger partial charge in [0.2, 0.25) is 0 Å². The average Bonchev–Trinajstić information content (AvgIpc) is 3.11. The Morgan fingerprint density at radius 2 is 1.97 bits per heavy atom. The molecule has 0 aliphatic rings. The molecule has 0 aliphatic heterocycles. The number of halogens is 1. The minimum atomic E-state index is -3.57. The Kier molecular flexibility index (Phi) is 6.80. The highest BCUT2D eigenvalue weighted by molar-refractivity contribution is 7.90. The molecule has 12 heteroatoms. The normalized spacial score (nSPS) is 11.2. The summed E-state index contributed by atoms with van der Waals surface area (Å²) in [4.78, 5) is 23.0. The van der Waals surface area contributed by atoms with E-state index in [4.69, 9.17) is 11.6 Å². The molecule has 32 heavy (non-hydrogen) atoms. The summed E-state index contributed by atoms with van der Waals surface area (Å²) in [5.74, 6) is -0.348. The molecule has 0 saturated heterocycles. The molecule has 3 aromatic rings. The fraction of sp³-hybridized carbons (Fsp3) is 0.200. The molecule has 2 aromatic carbocycles. The molecule has 10 nitrogen and oxygen atoms in total. The fourth-order valence-corrected chi connectivity index (χ4v) is 3.84. The van der Waals surface area contributed by atoms with E-state index in [0.717, 1.165) is 18.0 Å². The highest BCUT2D eigenvalue weighted by Crippen LogP contribution is 2.27. The first kappa shape index (κ1) is 23.2. The van der Waals surface area contributed by atoms with E-state index in [1.807, 2.05) is 6.07 Å². The lowest BCUT2D eigenvalue weighted by molar-refractivity contribution is -0.384. The van der Waals surface area contributed by atoms with Gasteiger partial charge < -0.3 is 10.6 Å². The van der Waals surface area contributed by atoms with E-state index in [2.05, 4.69) is 15.7 Å². The zero-order valence-corrected chi connectivity index (χ0v) is 18.8. The molecule has 0 spiro atoms. The summed E-state index contributed by atoms with van der Waals surface area (Å²) in [6.07, 6.45) is 2.43. The average molecular weight is 478 g/mol. The second-order valence-corrected chi connectivity index (χ2v) is 9.38. The van der Waals surface area contributed by atoms with Gasteiger partial charge in [-0.05, 0) is 37.3 Å². The third-order valence-electron chi connectivity index (χ3n) is 4.63. The second-order valence-electron chi connectivity index (χ2n) is 6.93. The van der Waals surface area contributed by atoms with Crippen molar-refractivity contribution in [1.29, 1.82) is 0 Å². The number of sulfone groups is 1. The molecule has 3 rings (SSSR count). The van der Waals surface area contributed by atoms with Crippen LogP contribution in [0.2, 0.25) is 5.02 Å². The maximum Gasteiger partial charge on any atom is 0.293 e. The lowest BCUT2D eigenvalue weighted by atomic mass is 10.2. The van der Waals surface area contributed by atoms with Crippen LogP contribution in [0.3, 0.4) is 0 Å². The van der Waals surface area contributed by atoms with Crippen LogP contribution in [0, 0.1) is 17.0 Å². The fourth-order valence-electron chi connectivity index (χ4n) is 3.01. The maximum absolute atomic E-state index is 12.5. The zero-order chi connectivity index (χ0) is 23.5. The van der Waals surface area contributed by atoms with Crippen molar-refractivity contribution in [2.75, 3.05) is 24.7 Å². The van der Waals surface area contributed by atoms with Crippen LogP contribution in [0.15, 0.2) is 53.6 Å². The third kappa shape index (κ3) is 5.24. The van der Waals surface area contributed by atoms with Crippen LogP contribution in [0.4, 0.5) is 11.4 Å². The van der Waals surface area contributed by atoms with Crippen molar-refractivity contribution in [3.63, 3.8) is 0 Å². The van der Waals surface area contributed by atoms with Crippen molar-refractivity contribution >= 4 is 38.7 Å². The first-order chi connectivity index (χ1) is 15.1. The molecule has 168 valence electrons. The number of anilines is 1. The summed E-state index contributed by atoms with van der Waals surface area (Å²) in [6.45, 7) is 2.12. The van der Waals surface area contributed by atoms with Gasteiger partial charge in [0.15, 0.2) is 9.84 Å². The van der Waals surface area contributed by atoms with E-state index in [1.54, 1.807) is 29.8 Å². The summed E-state index contributed by atoms with van der Waals surface area (Å²) >= 11 is 6.01. The highest BCUT2D eigenvalue weighted by Gasteiger charge is 2.19. The van der Waals surface area contributed by atoms with Crippen molar-refractivity contribution in [1.82, 2.24) is 15.1 Å². The van der Waals surface area contributed by atoms with Gasteiger partial charge in [-0.2, -0.15) is 5.10 Å². The van der Waals surface area contributed by atoms with Crippen LogP contribution in [-0.4, -0.2) is 48.4 Å². The number of aromatic nitrogens is 2. The van der Waals surface area contributed by atoms with E-state index < -0.39 is 14.8 Å². The molecule has 0 unspecified atom stereocenters. The predicted octanol–water partition coefficient (Wildman–Crippen LogP) is 2.99. The van der Waals surface area contributed by atoms with Crippen LogP contribution in [0.25, 0.3) is 5.69 Å². The number of nitro benzene ring substituents is 1. The van der Waals surface area contributed by atoms with E-state index in [9.17, 15) is 23.3 Å².